The molecule has 0 fully saturated rings. The zero-order valence-electron chi connectivity index (χ0n) is 36.2. The topological polar surface area (TPSA) is 35.6 Å². The first-order valence-corrected chi connectivity index (χ1v) is 22.9. The molecule has 12 rings (SSSR count). The van der Waals surface area contributed by atoms with E-state index >= 15 is 0 Å². The molecule has 3 aromatic heterocycles. The van der Waals surface area contributed by atoms with Gasteiger partial charge in [-0.25, -0.2) is 9.97 Å². The van der Waals surface area contributed by atoms with Gasteiger partial charge in [0.25, 0.3) is 0 Å². The molecule has 0 radical (unpaired) electrons. The molecule has 0 atom stereocenters. The van der Waals surface area contributed by atoms with Crippen molar-refractivity contribution in [2.45, 2.75) is 19.3 Å². The summed E-state index contributed by atoms with van der Waals surface area (Å²) in [7, 11) is 0. The second kappa shape index (κ2) is 16.8. The molecule has 11 aromatic rings. The van der Waals surface area contributed by atoms with Crippen molar-refractivity contribution in [2.75, 3.05) is 0 Å². The minimum atomic E-state index is -0.164. The number of fused-ring (bicyclic) bond motifs is 9. The van der Waals surface area contributed by atoms with Crippen LogP contribution in [0.25, 0.3) is 100 Å². The second-order valence-corrected chi connectivity index (χ2v) is 17.4. The van der Waals surface area contributed by atoms with E-state index in [9.17, 15) is 0 Å². The van der Waals surface area contributed by atoms with Crippen LogP contribution in [0, 0.1) is 34.0 Å². The molecule has 0 unspecified atom stereocenters. The molecule has 3 heterocycles. The molecule has 0 spiro atoms. The summed E-state index contributed by atoms with van der Waals surface area (Å²) in [6.45, 7) is 4.69. The van der Waals surface area contributed by atoms with Gasteiger partial charge >= 0.3 is 0 Å². The van der Waals surface area contributed by atoms with Crippen molar-refractivity contribution >= 4 is 66.2 Å². The first kappa shape index (κ1) is 40.6. The van der Waals surface area contributed by atoms with Crippen LogP contribution in [-0.4, -0.2) is 19.1 Å². The fourth-order valence-corrected chi connectivity index (χ4v) is 9.89. The van der Waals surface area contributed by atoms with Crippen LogP contribution >= 0.6 is 22.6 Å². The minimum Gasteiger partial charge on any atom is -0.309 e. The van der Waals surface area contributed by atoms with Gasteiger partial charge in [0.05, 0.1) is 33.5 Å². The van der Waals surface area contributed by atoms with E-state index in [0.29, 0.717) is 5.95 Å². The number of para-hydroxylation sites is 2. The van der Waals surface area contributed by atoms with E-state index in [1.54, 1.807) is 0 Å². The fraction of sp³-hybridized carbons (Fsp3) is 0.0492. The number of hydrogen-bond acceptors (Lipinski definition) is 2. The molecule has 66 heavy (non-hydrogen) atoms. The van der Waals surface area contributed by atoms with Gasteiger partial charge < -0.3 is 4.57 Å². The number of rotatable bonds is 5. The van der Waals surface area contributed by atoms with Crippen molar-refractivity contribution in [2.24, 2.45) is 0 Å². The third kappa shape index (κ3) is 6.92. The van der Waals surface area contributed by atoms with Gasteiger partial charge in [0.15, 0.2) is 0 Å². The number of hydrogen-bond donors (Lipinski definition) is 0. The lowest BCUT2D eigenvalue weighted by molar-refractivity contribution is 0.661. The number of halogens is 1. The zero-order valence-corrected chi connectivity index (χ0v) is 38.4. The van der Waals surface area contributed by atoms with Crippen LogP contribution in [0.5, 0.6) is 0 Å². The number of nitrogens with zero attached hydrogens (tertiary/aromatic N) is 4. The molecule has 0 aliphatic heterocycles. The van der Waals surface area contributed by atoms with Gasteiger partial charge in [-0.2, -0.15) is 0 Å². The third-order valence-electron chi connectivity index (χ3n) is 12.8. The molecular formula is C61H39IN4. The maximum absolute atomic E-state index is 5.36. The van der Waals surface area contributed by atoms with Gasteiger partial charge in [0, 0.05) is 66.4 Å². The summed E-state index contributed by atoms with van der Waals surface area (Å²) in [6, 6.07) is 69.9. The lowest BCUT2D eigenvalue weighted by Crippen LogP contribution is -2.15. The van der Waals surface area contributed by atoms with Gasteiger partial charge in [0.2, 0.25) is 5.95 Å². The lowest BCUT2D eigenvalue weighted by Gasteiger charge is -2.21. The van der Waals surface area contributed by atoms with Crippen molar-refractivity contribution in [3.63, 3.8) is 0 Å². The number of aromatic nitrogens is 4. The summed E-state index contributed by atoms with van der Waals surface area (Å²) in [5.41, 5.74) is 17.1. The van der Waals surface area contributed by atoms with Crippen LogP contribution in [0.15, 0.2) is 194 Å². The summed E-state index contributed by atoms with van der Waals surface area (Å²) in [5.74, 6) is 10.1. The minimum absolute atomic E-state index is 0.164. The van der Waals surface area contributed by atoms with Crippen molar-refractivity contribution in [1.82, 2.24) is 19.1 Å². The molecule has 8 aromatic carbocycles. The van der Waals surface area contributed by atoms with Crippen molar-refractivity contribution in [3.05, 3.63) is 205 Å². The molecule has 0 amide bonds. The van der Waals surface area contributed by atoms with Crippen LogP contribution in [0.4, 0.5) is 0 Å². The Hall–Kier alpha value is -8.15. The summed E-state index contributed by atoms with van der Waals surface area (Å²) in [5, 5.41) is 4.84. The molecule has 0 N–H and O–H groups in total. The van der Waals surface area contributed by atoms with Gasteiger partial charge in [0.1, 0.15) is 0 Å². The smallest absolute Gasteiger partial charge is 0.235 e. The van der Waals surface area contributed by atoms with Crippen molar-refractivity contribution < 1.29 is 0 Å². The van der Waals surface area contributed by atoms with Gasteiger partial charge in [-0.05, 0) is 122 Å². The Morgan fingerprint density at radius 2 is 0.985 bits per heavy atom. The highest BCUT2D eigenvalue weighted by Gasteiger charge is 2.36. The van der Waals surface area contributed by atoms with Crippen LogP contribution in [0.3, 0.4) is 0 Å². The SMILES string of the molecule is C#CC#CC#CI.CC1(C)c2ccccc2-c2cc3c4cc(-c5ccc6c(c5)c5ccccc5n6-c5ccccc5)ccc4n(-c4nc(-c5ccccc5)cc(-c5ccccc5)n4)c3cc21. The molecule has 310 valence electrons. The normalized spacial score (nSPS) is 12.0. The molecule has 0 bridgehead atoms. The summed E-state index contributed by atoms with van der Waals surface area (Å²) >= 11 is 1.89. The Morgan fingerprint density at radius 1 is 0.439 bits per heavy atom. The van der Waals surface area contributed by atoms with E-state index in [1.807, 2.05) is 34.7 Å². The summed E-state index contributed by atoms with van der Waals surface area (Å²) in [6.07, 6.45) is 4.78. The van der Waals surface area contributed by atoms with Crippen LogP contribution in [-0.2, 0) is 5.41 Å². The Kier molecular flexibility index (Phi) is 10.3. The van der Waals surface area contributed by atoms with E-state index in [4.69, 9.17) is 16.4 Å². The monoisotopic (exact) mass is 954 g/mol. The zero-order chi connectivity index (χ0) is 44.8. The van der Waals surface area contributed by atoms with Crippen molar-refractivity contribution in [1.29, 1.82) is 0 Å². The first-order chi connectivity index (χ1) is 32.4. The van der Waals surface area contributed by atoms with Crippen LogP contribution in [0.2, 0.25) is 0 Å². The van der Waals surface area contributed by atoms with Gasteiger partial charge in [-0.1, -0.05) is 147 Å². The molecule has 4 nitrogen and oxygen atoms in total. The van der Waals surface area contributed by atoms with E-state index in [1.165, 1.54) is 66.0 Å². The Balaban J connectivity index is 0.000000640. The first-order valence-electron chi connectivity index (χ1n) is 21.8. The highest BCUT2D eigenvalue weighted by atomic mass is 127. The van der Waals surface area contributed by atoms with Gasteiger partial charge in [-0.15, -0.1) is 6.42 Å². The van der Waals surface area contributed by atoms with Gasteiger partial charge in [-0.3, -0.25) is 4.57 Å². The Labute approximate surface area is 397 Å². The Morgan fingerprint density at radius 3 is 1.64 bits per heavy atom. The van der Waals surface area contributed by atoms with Crippen LogP contribution < -0.4 is 0 Å². The molecule has 5 heteroatoms. The van der Waals surface area contributed by atoms with E-state index < -0.39 is 0 Å². The largest absolute Gasteiger partial charge is 0.309 e. The maximum atomic E-state index is 5.36. The number of terminal acetylenes is 1. The molecule has 0 saturated heterocycles. The van der Waals surface area contributed by atoms with Crippen LogP contribution in [0.1, 0.15) is 25.0 Å². The standard InChI is InChI=1S/C55H38N4.C6HI/c1-55(2)46-24-14-12-22-40(46)42-32-45-44-31-38(37-26-28-51-43(30-37)41-23-13-15-25-50(41)58(51)39-20-10-5-11-21-39)27-29-52(44)59(53(45)33-47(42)55)54-56-48(35-16-6-3-7-17-35)34-49(57-54)36-18-8-4-9-19-36;1-2-3-4-5-6-7/h3-34H,1-2H3;1H. The third-order valence-corrected chi connectivity index (χ3v) is 13.1. The fourth-order valence-electron chi connectivity index (χ4n) is 9.76. The maximum Gasteiger partial charge on any atom is 0.235 e. The molecule has 0 saturated carbocycles. The average molecular weight is 955 g/mol. The lowest BCUT2D eigenvalue weighted by atomic mass is 9.82. The van der Waals surface area contributed by atoms with Crippen molar-refractivity contribution in [3.8, 4) is 90.4 Å². The highest BCUT2D eigenvalue weighted by molar-refractivity contribution is 14.1. The summed E-state index contributed by atoms with van der Waals surface area (Å²) < 4.78 is 7.22. The number of benzene rings is 8. The Bertz CT molecular complexity index is 3810. The average Bonchev–Trinajstić information content (AvgIpc) is 3.96. The summed E-state index contributed by atoms with van der Waals surface area (Å²) in [4.78, 5) is 10.7. The molecule has 1 aliphatic rings. The van der Waals surface area contributed by atoms with E-state index in [2.05, 4.69) is 233 Å². The quantitative estimate of drug-likeness (QED) is 0.127. The van der Waals surface area contributed by atoms with E-state index in [-0.39, 0.29) is 5.41 Å². The molecule has 1 aliphatic carbocycles. The predicted molar refractivity (Wildman–Crippen MR) is 283 cm³/mol. The predicted octanol–water partition coefficient (Wildman–Crippen LogP) is 15.0. The second-order valence-electron chi connectivity index (χ2n) is 16.9. The highest BCUT2D eigenvalue weighted by Crippen LogP contribution is 2.51. The molecular weight excluding hydrogens is 916 g/mol. The van der Waals surface area contributed by atoms with E-state index in [0.717, 1.165) is 39.2 Å².